The predicted molar refractivity (Wildman–Crippen MR) is 70.9 cm³/mol. The van der Waals surface area contributed by atoms with Crippen LogP contribution in [0.15, 0.2) is 22.0 Å². The maximum atomic E-state index is 5.85. The summed E-state index contributed by atoms with van der Waals surface area (Å²) >= 11 is 5.18. The second-order valence-electron chi connectivity index (χ2n) is 3.77. The van der Waals surface area contributed by atoms with E-state index >= 15 is 0 Å². The monoisotopic (exact) mass is 299 g/mol. The van der Waals surface area contributed by atoms with Crippen LogP contribution in [0, 0.1) is 13.8 Å². The molecule has 0 aliphatic rings. The molecule has 2 heterocycles. The van der Waals surface area contributed by atoms with E-state index in [1.807, 2.05) is 17.7 Å². The number of nitrogens with zero attached hydrogens (tertiary/aromatic N) is 2. The molecule has 0 amide bonds. The highest BCUT2D eigenvalue weighted by Gasteiger charge is 2.16. The smallest absolute Gasteiger partial charge is 0.0985 e. The van der Waals surface area contributed by atoms with Gasteiger partial charge in [0.2, 0.25) is 0 Å². The van der Waals surface area contributed by atoms with Crippen molar-refractivity contribution in [3.63, 3.8) is 0 Å². The molecule has 0 spiro atoms. The number of aromatic nitrogens is 2. The zero-order valence-electron chi connectivity index (χ0n) is 9.27. The van der Waals surface area contributed by atoms with Gasteiger partial charge in [-0.2, -0.15) is 5.10 Å². The summed E-state index contributed by atoms with van der Waals surface area (Å²) in [5.41, 5.74) is 8.04. The molecule has 0 saturated carbocycles. The zero-order valence-corrected chi connectivity index (χ0v) is 11.7. The number of halogens is 1. The summed E-state index contributed by atoms with van der Waals surface area (Å²) in [6, 6.07) is 6.37. The van der Waals surface area contributed by atoms with Crippen LogP contribution in [0.25, 0.3) is 0 Å². The van der Waals surface area contributed by atoms with Gasteiger partial charge in [0.05, 0.1) is 15.5 Å². The normalized spacial score (nSPS) is 13.0. The fourth-order valence-electron chi connectivity index (χ4n) is 1.81. The van der Waals surface area contributed by atoms with Gasteiger partial charge < -0.3 is 5.73 Å². The summed E-state index contributed by atoms with van der Waals surface area (Å²) in [5.74, 6) is 0. The molecule has 0 aromatic carbocycles. The van der Waals surface area contributed by atoms with Gasteiger partial charge in [-0.3, -0.25) is 4.68 Å². The van der Waals surface area contributed by atoms with Crippen molar-refractivity contribution < 1.29 is 0 Å². The lowest BCUT2D eigenvalue weighted by atomic mass is 10.2. The standard InChI is InChI=1S/C11H14BrN3S/c1-7-5-8(2)15(14-7)9(6-13)10-3-4-11(12)16-10/h3-5,9H,6,13H2,1-2H3. The van der Waals surface area contributed by atoms with Crippen LogP contribution in [0.2, 0.25) is 0 Å². The van der Waals surface area contributed by atoms with E-state index in [1.165, 1.54) is 4.88 Å². The fraction of sp³-hybridized carbons (Fsp3) is 0.364. The Bertz CT molecular complexity index is 489. The summed E-state index contributed by atoms with van der Waals surface area (Å²) in [4.78, 5) is 1.24. The molecule has 0 fully saturated rings. The van der Waals surface area contributed by atoms with Gasteiger partial charge in [0.1, 0.15) is 0 Å². The van der Waals surface area contributed by atoms with E-state index in [1.54, 1.807) is 11.3 Å². The Hall–Kier alpha value is -0.650. The van der Waals surface area contributed by atoms with Gasteiger partial charge in [0, 0.05) is 17.1 Å². The molecule has 0 saturated heterocycles. The highest BCUT2D eigenvalue weighted by atomic mass is 79.9. The Morgan fingerprint density at radius 3 is 2.69 bits per heavy atom. The van der Waals surface area contributed by atoms with E-state index in [2.05, 4.69) is 40.1 Å². The molecule has 2 rings (SSSR count). The second-order valence-corrected chi connectivity index (χ2v) is 6.26. The van der Waals surface area contributed by atoms with Crippen molar-refractivity contribution in [3.8, 4) is 0 Å². The molecule has 86 valence electrons. The molecule has 1 unspecified atom stereocenters. The van der Waals surface area contributed by atoms with E-state index in [-0.39, 0.29) is 6.04 Å². The van der Waals surface area contributed by atoms with Crippen LogP contribution in [0.1, 0.15) is 22.3 Å². The third-order valence-corrected chi connectivity index (χ3v) is 4.21. The van der Waals surface area contributed by atoms with Crippen LogP contribution >= 0.6 is 27.3 Å². The summed E-state index contributed by atoms with van der Waals surface area (Å²) in [5, 5.41) is 4.50. The molecule has 2 N–H and O–H groups in total. The quantitative estimate of drug-likeness (QED) is 0.947. The number of rotatable bonds is 3. The molecule has 1 atom stereocenters. The first kappa shape index (κ1) is 11.8. The third kappa shape index (κ3) is 2.21. The van der Waals surface area contributed by atoms with Crippen LogP contribution in [-0.2, 0) is 0 Å². The van der Waals surface area contributed by atoms with Crippen LogP contribution in [0.5, 0.6) is 0 Å². The lowest BCUT2D eigenvalue weighted by Crippen LogP contribution is -2.21. The van der Waals surface area contributed by atoms with Gasteiger partial charge in [0.15, 0.2) is 0 Å². The molecule has 16 heavy (non-hydrogen) atoms. The van der Waals surface area contributed by atoms with Gasteiger partial charge in [-0.1, -0.05) is 0 Å². The summed E-state index contributed by atoms with van der Waals surface area (Å²) in [6.45, 7) is 4.63. The molecule has 0 bridgehead atoms. The molecule has 5 heteroatoms. The van der Waals surface area contributed by atoms with E-state index in [9.17, 15) is 0 Å². The molecule has 0 aliphatic heterocycles. The summed E-state index contributed by atoms with van der Waals surface area (Å²) in [6.07, 6.45) is 0. The van der Waals surface area contributed by atoms with Gasteiger partial charge >= 0.3 is 0 Å². The molecular weight excluding hydrogens is 286 g/mol. The first-order chi connectivity index (χ1) is 7.61. The molecular formula is C11H14BrN3S. The maximum absolute atomic E-state index is 5.85. The van der Waals surface area contributed by atoms with Gasteiger partial charge in [-0.25, -0.2) is 0 Å². The number of nitrogens with two attached hydrogens (primary N) is 1. The summed E-state index contributed by atoms with van der Waals surface area (Å²) in [7, 11) is 0. The lowest BCUT2D eigenvalue weighted by molar-refractivity contribution is 0.524. The van der Waals surface area contributed by atoms with Crippen molar-refractivity contribution in [1.82, 2.24) is 9.78 Å². The SMILES string of the molecule is Cc1cc(C)n(C(CN)c2ccc(Br)s2)n1. The van der Waals surface area contributed by atoms with Crippen LogP contribution in [0.3, 0.4) is 0 Å². The third-order valence-electron chi connectivity index (χ3n) is 2.49. The first-order valence-corrected chi connectivity index (χ1v) is 6.71. The molecule has 2 aromatic heterocycles. The first-order valence-electron chi connectivity index (χ1n) is 5.10. The van der Waals surface area contributed by atoms with Crippen molar-refractivity contribution in [2.45, 2.75) is 19.9 Å². The average molecular weight is 300 g/mol. The van der Waals surface area contributed by atoms with Crippen molar-refractivity contribution in [3.05, 3.63) is 38.3 Å². The van der Waals surface area contributed by atoms with E-state index < -0.39 is 0 Å². The van der Waals surface area contributed by atoms with Gasteiger partial charge in [-0.15, -0.1) is 11.3 Å². The Morgan fingerprint density at radius 2 is 2.25 bits per heavy atom. The van der Waals surface area contributed by atoms with Crippen LogP contribution in [0.4, 0.5) is 0 Å². The summed E-state index contributed by atoms with van der Waals surface area (Å²) < 4.78 is 3.13. The molecule has 3 nitrogen and oxygen atoms in total. The Morgan fingerprint density at radius 1 is 1.50 bits per heavy atom. The topological polar surface area (TPSA) is 43.8 Å². The highest BCUT2D eigenvalue weighted by molar-refractivity contribution is 9.11. The minimum atomic E-state index is 0.144. The fourth-order valence-corrected chi connectivity index (χ4v) is 3.33. The second kappa shape index (κ2) is 4.69. The largest absolute Gasteiger partial charge is 0.328 e. The Labute approximate surface area is 107 Å². The number of hydrogen-bond donors (Lipinski definition) is 1. The van der Waals surface area contributed by atoms with E-state index in [0.29, 0.717) is 6.54 Å². The molecule has 0 aliphatic carbocycles. The maximum Gasteiger partial charge on any atom is 0.0985 e. The highest BCUT2D eigenvalue weighted by Crippen LogP contribution is 2.29. The van der Waals surface area contributed by atoms with Crippen molar-refractivity contribution in [2.75, 3.05) is 6.54 Å². The van der Waals surface area contributed by atoms with Crippen molar-refractivity contribution in [1.29, 1.82) is 0 Å². The zero-order chi connectivity index (χ0) is 11.7. The molecule has 0 radical (unpaired) electrons. The number of hydrogen-bond acceptors (Lipinski definition) is 3. The van der Waals surface area contributed by atoms with Gasteiger partial charge in [-0.05, 0) is 48.0 Å². The minimum Gasteiger partial charge on any atom is -0.328 e. The average Bonchev–Trinajstić information content (AvgIpc) is 2.76. The van der Waals surface area contributed by atoms with Crippen molar-refractivity contribution >= 4 is 27.3 Å². The van der Waals surface area contributed by atoms with Crippen LogP contribution < -0.4 is 5.73 Å². The Balaban J connectivity index is 2.40. The number of thiophene rings is 1. The molecule has 2 aromatic rings. The minimum absolute atomic E-state index is 0.144. The van der Waals surface area contributed by atoms with Crippen LogP contribution in [-0.4, -0.2) is 16.3 Å². The van der Waals surface area contributed by atoms with E-state index in [4.69, 9.17) is 5.73 Å². The predicted octanol–water partition coefficient (Wildman–Crippen LogP) is 2.87. The van der Waals surface area contributed by atoms with E-state index in [0.717, 1.165) is 15.2 Å². The van der Waals surface area contributed by atoms with Gasteiger partial charge in [0.25, 0.3) is 0 Å². The number of aryl methyl sites for hydroxylation is 2. The van der Waals surface area contributed by atoms with Crippen molar-refractivity contribution in [2.24, 2.45) is 5.73 Å². The Kier molecular flexibility index (Phi) is 3.47. The lowest BCUT2D eigenvalue weighted by Gasteiger charge is -2.15.